The van der Waals surface area contributed by atoms with Gasteiger partial charge in [0.25, 0.3) is 0 Å². The first kappa shape index (κ1) is 28.8. The van der Waals surface area contributed by atoms with Gasteiger partial charge in [0.2, 0.25) is 0 Å². The molecular weight excluding hydrogens is 592 g/mol. The Labute approximate surface area is 248 Å². The third-order valence-electron chi connectivity index (χ3n) is 6.09. The maximum Gasteiger partial charge on any atom is 0 e. The molecule has 191 valence electrons. The predicted octanol–water partition coefficient (Wildman–Crippen LogP) is 6.89. The van der Waals surface area contributed by atoms with Crippen molar-refractivity contribution in [2.75, 3.05) is 0 Å². The van der Waals surface area contributed by atoms with Gasteiger partial charge >= 0.3 is 0 Å². The van der Waals surface area contributed by atoms with E-state index < -0.39 is 15.8 Å². The molecule has 0 aliphatic carbocycles. The van der Waals surface area contributed by atoms with Gasteiger partial charge in [-0.05, 0) is 47.7 Å². The van der Waals surface area contributed by atoms with Crippen LogP contribution in [0.5, 0.6) is 0 Å². The van der Waals surface area contributed by atoms with E-state index in [0.717, 1.165) is 0 Å². The molecule has 0 heterocycles. The summed E-state index contributed by atoms with van der Waals surface area (Å²) in [4.78, 5) is 0. The fourth-order valence-corrected chi connectivity index (χ4v) is 8.97. The van der Waals surface area contributed by atoms with Crippen LogP contribution in [0.3, 0.4) is 0 Å². The Kier molecular flexibility index (Phi) is 11.4. The first-order chi connectivity index (χ1) is 18.9. The number of hydrogen-bond donors (Lipinski definition) is 0. The van der Waals surface area contributed by atoms with Crippen molar-refractivity contribution in [2.24, 2.45) is 0 Å². The Balaban J connectivity index is 0.000000176. The van der Waals surface area contributed by atoms with Crippen LogP contribution < -0.4 is 31.8 Å². The van der Waals surface area contributed by atoms with Crippen molar-refractivity contribution in [1.82, 2.24) is 0 Å². The monoisotopic (exact) mass is 621 g/mol. The van der Waals surface area contributed by atoms with Gasteiger partial charge < -0.3 is 0 Å². The SMILES string of the molecule is [Tc].c1ccc(P(c2ccccc2)c2ccccc2)cc1.c1ccc(P(c2ccccc2)c2ccccc2)cc1. The van der Waals surface area contributed by atoms with Crippen molar-refractivity contribution < 1.29 is 20.1 Å². The molecule has 0 nitrogen and oxygen atoms in total. The van der Waals surface area contributed by atoms with Crippen molar-refractivity contribution in [1.29, 1.82) is 0 Å². The van der Waals surface area contributed by atoms with Crippen molar-refractivity contribution in [3.8, 4) is 0 Å². The van der Waals surface area contributed by atoms with Gasteiger partial charge in [-0.2, -0.15) is 0 Å². The summed E-state index contributed by atoms with van der Waals surface area (Å²) < 4.78 is 0. The first-order valence-corrected chi connectivity index (χ1v) is 15.5. The van der Waals surface area contributed by atoms with Gasteiger partial charge in [0.1, 0.15) is 0 Å². The molecular formula is C36H30P2Tc. The Bertz CT molecular complexity index is 1170. The Morgan fingerprint density at radius 2 is 0.333 bits per heavy atom. The zero-order valence-corrected chi connectivity index (χ0v) is 25.2. The molecule has 6 rings (SSSR count). The van der Waals surface area contributed by atoms with Crippen LogP contribution in [0.1, 0.15) is 0 Å². The fraction of sp³-hybridized carbons (Fsp3) is 0. The summed E-state index contributed by atoms with van der Waals surface area (Å²) >= 11 is 0. The minimum absolute atomic E-state index is 0. The molecule has 0 saturated carbocycles. The van der Waals surface area contributed by atoms with E-state index in [1.54, 1.807) is 0 Å². The van der Waals surface area contributed by atoms with Gasteiger partial charge in [0, 0.05) is 20.1 Å². The van der Waals surface area contributed by atoms with Crippen LogP contribution in [-0.4, -0.2) is 0 Å². The average Bonchev–Trinajstić information content (AvgIpc) is 3.01. The molecule has 3 heteroatoms. The summed E-state index contributed by atoms with van der Waals surface area (Å²) in [6.45, 7) is 0. The van der Waals surface area contributed by atoms with Crippen molar-refractivity contribution in [3.05, 3.63) is 182 Å². The van der Waals surface area contributed by atoms with Crippen LogP contribution in [0.2, 0.25) is 0 Å². The van der Waals surface area contributed by atoms with Crippen LogP contribution in [0.25, 0.3) is 0 Å². The number of benzene rings is 6. The standard InChI is InChI=1S/2C18H15P.Tc/c2*1-4-10-16(11-5-1)19(17-12-6-2-7-13-17)18-14-8-3-9-15-18;/h2*1-15H;. The molecule has 6 aromatic rings. The van der Waals surface area contributed by atoms with Crippen molar-refractivity contribution in [2.45, 2.75) is 0 Å². The van der Waals surface area contributed by atoms with E-state index in [1.165, 1.54) is 31.8 Å². The van der Waals surface area contributed by atoms with Gasteiger partial charge in [-0.15, -0.1) is 0 Å². The van der Waals surface area contributed by atoms with E-state index in [2.05, 4.69) is 182 Å². The largest absolute Gasteiger partial charge is 0.0622 e. The molecule has 6 aromatic carbocycles. The van der Waals surface area contributed by atoms with E-state index in [4.69, 9.17) is 0 Å². The zero-order chi connectivity index (χ0) is 25.8. The Morgan fingerprint density at radius 3 is 0.462 bits per heavy atom. The van der Waals surface area contributed by atoms with E-state index in [-0.39, 0.29) is 20.1 Å². The number of rotatable bonds is 6. The van der Waals surface area contributed by atoms with Crippen LogP contribution in [0.15, 0.2) is 182 Å². The van der Waals surface area contributed by atoms with Gasteiger partial charge in [-0.1, -0.05) is 182 Å². The quantitative estimate of drug-likeness (QED) is 0.178. The second-order valence-electron chi connectivity index (χ2n) is 8.68. The molecule has 0 aromatic heterocycles. The summed E-state index contributed by atoms with van der Waals surface area (Å²) in [6.07, 6.45) is 0. The predicted molar refractivity (Wildman–Crippen MR) is 170 cm³/mol. The van der Waals surface area contributed by atoms with Gasteiger partial charge in [0.15, 0.2) is 0 Å². The van der Waals surface area contributed by atoms with E-state index in [9.17, 15) is 0 Å². The third-order valence-corrected chi connectivity index (χ3v) is 11.0. The third kappa shape index (κ3) is 7.92. The van der Waals surface area contributed by atoms with Crippen LogP contribution in [0.4, 0.5) is 0 Å². The molecule has 1 radical (unpaired) electrons. The average molecular weight is 623 g/mol. The van der Waals surface area contributed by atoms with Gasteiger partial charge in [0.05, 0.1) is 0 Å². The minimum atomic E-state index is -0.446. The second kappa shape index (κ2) is 15.4. The molecule has 0 amide bonds. The normalized spacial score (nSPS) is 10.3. The molecule has 39 heavy (non-hydrogen) atoms. The molecule has 0 bridgehead atoms. The minimum Gasteiger partial charge on any atom is -0.0622 e. The summed E-state index contributed by atoms with van der Waals surface area (Å²) in [6, 6.07) is 64.7. The molecule has 0 aliphatic heterocycles. The molecule has 0 saturated heterocycles. The van der Waals surface area contributed by atoms with Gasteiger partial charge in [-0.3, -0.25) is 0 Å². The molecule has 0 fully saturated rings. The fourth-order valence-electron chi connectivity index (χ4n) is 4.36. The maximum atomic E-state index is 2.23. The van der Waals surface area contributed by atoms with Crippen LogP contribution >= 0.6 is 15.8 Å². The van der Waals surface area contributed by atoms with Gasteiger partial charge in [-0.25, -0.2) is 0 Å². The summed E-state index contributed by atoms with van der Waals surface area (Å²) in [7, 11) is -0.892. The topological polar surface area (TPSA) is 0 Å². The molecule has 0 spiro atoms. The van der Waals surface area contributed by atoms with E-state index in [0.29, 0.717) is 0 Å². The van der Waals surface area contributed by atoms with E-state index >= 15 is 0 Å². The summed E-state index contributed by atoms with van der Waals surface area (Å²) in [5.41, 5.74) is 0. The molecule has 0 unspecified atom stereocenters. The van der Waals surface area contributed by atoms with Crippen LogP contribution in [-0.2, 0) is 20.1 Å². The van der Waals surface area contributed by atoms with Crippen molar-refractivity contribution in [3.63, 3.8) is 0 Å². The smallest absolute Gasteiger partial charge is 0 e. The second-order valence-corrected chi connectivity index (χ2v) is 13.1. The zero-order valence-electron chi connectivity index (χ0n) is 21.6. The van der Waals surface area contributed by atoms with Crippen molar-refractivity contribution >= 4 is 47.7 Å². The Hall–Kier alpha value is -3.17. The Morgan fingerprint density at radius 1 is 0.205 bits per heavy atom. The molecule has 0 aliphatic rings. The maximum absolute atomic E-state index is 2.23. The van der Waals surface area contributed by atoms with Crippen LogP contribution in [0, 0.1) is 0 Å². The molecule has 0 atom stereocenters. The molecule has 0 N–H and O–H groups in total. The summed E-state index contributed by atoms with van der Waals surface area (Å²) in [5, 5.41) is 8.39. The first-order valence-electron chi connectivity index (χ1n) is 12.8. The van der Waals surface area contributed by atoms with E-state index in [1.807, 2.05) is 0 Å². The number of hydrogen-bond acceptors (Lipinski definition) is 0. The summed E-state index contributed by atoms with van der Waals surface area (Å²) in [5.74, 6) is 0.